The lowest BCUT2D eigenvalue weighted by Crippen LogP contribution is -2.38. The Bertz CT molecular complexity index is 734. The van der Waals surface area contributed by atoms with Crippen LogP contribution in [-0.2, 0) is 71.4 Å². The molecule has 15 heteroatoms. The molecule has 0 aliphatic rings. The highest BCUT2D eigenvalue weighted by Gasteiger charge is 2.23. The van der Waals surface area contributed by atoms with Crippen molar-refractivity contribution in [3.63, 3.8) is 0 Å². The smallest absolute Gasteiger partial charge is 0.303 e. The summed E-state index contributed by atoms with van der Waals surface area (Å²) in [5, 5.41) is 0. The molecule has 0 saturated carbocycles. The Morgan fingerprint density at radius 1 is 0.385 bits per heavy atom. The quantitative estimate of drug-likeness (QED) is 0.140. The Hall–Kier alpha value is -3.30. The van der Waals surface area contributed by atoms with Crippen LogP contribution in [0.1, 0.15) is 41.5 Å². The van der Waals surface area contributed by atoms with E-state index in [2.05, 4.69) is 0 Å². The first-order valence-corrected chi connectivity index (χ1v) is 12.0. The molecular weight excluding hydrogens is 528 g/mol. The maximum absolute atomic E-state index is 11.4. The summed E-state index contributed by atoms with van der Waals surface area (Å²) in [7, 11) is 0. The van der Waals surface area contributed by atoms with E-state index in [1.807, 2.05) is 0 Å². The molecule has 0 radical (unpaired) electrons. The van der Waals surface area contributed by atoms with Crippen LogP contribution in [0.2, 0.25) is 0 Å². The van der Waals surface area contributed by atoms with Gasteiger partial charge in [-0.05, 0) is 0 Å². The van der Waals surface area contributed by atoms with Gasteiger partial charge < -0.3 is 42.6 Å². The third-order valence-electron chi connectivity index (χ3n) is 4.16. The number of hydrogen-bond acceptors (Lipinski definition) is 15. The van der Waals surface area contributed by atoms with Gasteiger partial charge in [0.1, 0.15) is 38.6 Å². The van der Waals surface area contributed by atoms with Crippen LogP contribution < -0.4 is 0 Å². The summed E-state index contributed by atoms with van der Waals surface area (Å²) in [6, 6.07) is 0. The van der Waals surface area contributed by atoms with E-state index in [9.17, 15) is 28.8 Å². The van der Waals surface area contributed by atoms with Crippen molar-refractivity contribution in [1.29, 1.82) is 0 Å². The van der Waals surface area contributed by atoms with E-state index >= 15 is 0 Å². The summed E-state index contributed by atoms with van der Waals surface area (Å²) in [6.45, 7) is 5.54. The number of hydrogen-bond donors (Lipinski definition) is 0. The van der Waals surface area contributed by atoms with Crippen molar-refractivity contribution in [2.45, 2.75) is 66.0 Å². The molecule has 0 saturated heterocycles. The molecule has 0 bridgehead atoms. The highest BCUT2D eigenvalue weighted by Crippen LogP contribution is 2.07. The molecule has 0 aromatic heterocycles. The lowest BCUT2D eigenvalue weighted by Gasteiger charge is -2.26. The molecule has 0 amide bonds. The van der Waals surface area contributed by atoms with Gasteiger partial charge in [-0.1, -0.05) is 0 Å². The molecule has 39 heavy (non-hydrogen) atoms. The van der Waals surface area contributed by atoms with Crippen molar-refractivity contribution in [3.05, 3.63) is 0 Å². The average Bonchev–Trinajstić information content (AvgIpc) is 2.81. The van der Waals surface area contributed by atoms with E-state index in [1.54, 1.807) is 0 Å². The molecule has 224 valence electrons. The van der Waals surface area contributed by atoms with Crippen molar-refractivity contribution in [2.75, 3.05) is 52.9 Å². The van der Waals surface area contributed by atoms with Crippen LogP contribution in [0.5, 0.6) is 0 Å². The van der Waals surface area contributed by atoms with Gasteiger partial charge in [0.05, 0.1) is 26.4 Å². The second kappa shape index (κ2) is 20.6. The monoisotopic (exact) mass is 566 g/mol. The number of esters is 6. The number of ether oxygens (including phenoxy) is 9. The molecule has 0 fully saturated rings. The molecule has 0 N–H and O–H groups in total. The Morgan fingerprint density at radius 2 is 0.641 bits per heavy atom. The van der Waals surface area contributed by atoms with Gasteiger partial charge in [-0.15, -0.1) is 0 Å². The molecule has 0 spiro atoms. The minimum atomic E-state index is -0.900. The summed E-state index contributed by atoms with van der Waals surface area (Å²) in [4.78, 5) is 67.5. The lowest BCUT2D eigenvalue weighted by atomic mass is 10.3. The predicted molar refractivity (Wildman–Crippen MR) is 128 cm³/mol. The van der Waals surface area contributed by atoms with Gasteiger partial charge in [0.2, 0.25) is 0 Å². The van der Waals surface area contributed by atoms with Crippen LogP contribution in [0.4, 0.5) is 0 Å². The molecule has 0 aromatic rings. The van der Waals surface area contributed by atoms with E-state index in [1.165, 1.54) is 41.5 Å². The standard InChI is InChI=1S/C24H38O15/c1-15(25)33-11-22(37-19(5)29)9-31-7-21(39-24(13-35-17(3)27)14-36-18(4)28)8-32-10-23(38-20(6)30)12-34-16(2)26/h21-24H,7-14H2,1-6H3. The number of carbonyl (C=O) groups is 6. The van der Waals surface area contributed by atoms with Gasteiger partial charge in [-0.2, -0.15) is 0 Å². The number of carbonyl (C=O) groups excluding carboxylic acids is 6. The molecule has 0 aliphatic heterocycles. The zero-order chi connectivity index (χ0) is 29.8. The Balaban J connectivity index is 5.36. The third-order valence-corrected chi connectivity index (χ3v) is 4.16. The highest BCUT2D eigenvalue weighted by atomic mass is 16.6. The molecule has 0 rings (SSSR count). The maximum atomic E-state index is 11.4. The summed E-state index contributed by atoms with van der Waals surface area (Å²) in [5.41, 5.74) is 0. The first-order chi connectivity index (χ1) is 18.3. The third kappa shape index (κ3) is 22.4. The first-order valence-electron chi connectivity index (χ1n) is 12.0. The average molecular weight is 567 g/mol. The van der Waals surface area contributed by atoms with Crippen LogP contribution >= 0.6 is 0 Å². The van der Waals surface area contributed by atoms with Gasteiger partial charge in [-0.3, -0.25) is 28.8 Å². The Labute approximate surface area is 226 Å². The Kier molecular flexibility index (Phi) is 18.9. The van der Waals surface area contributed by atoms with E-state index in [0.29, 0.717) is 0 Å². The topological polar surface area (TPSA) is 185 Å². The highest BCUT2D eigenvalue weighted by molar-refractivity contribution is 5.68. The van der Waals surface area contributed by atoms with Gasteiger partial charge in [0.15, 0.2) is 12.2 Å². The Morgan fingerprint density at radius 3 is 0.923 bits per heavy atom. The minimum absolute atomic E-state index is 0.156. The van der Waals surface area contributed by atoms with Gasteiger partial charge in [0, 0.05) is 41.5 Å². The molecule has 2 atom stereocenters. The van der Waals surface area contributed by atoms with E-state index in [-0.39, 0.29) is 52.9 Å². The maximum Gasteiger partial charge on any atom is 0.303 e. The van der Waals surface area contributed by atoms with E-state index in [4.69, 9.17) is 42.6 Å². The molecule has 0 aliphatic carbocycles. The SMILES string of the molecule is CC(=O)OCC(COCC(COCC(COC(C)=O)OC(C)=O)OC(COC(C)=O)COC(C)=O)OC(C)=O. The van der Waals surface area contributed by atoms with Gasteiger partial charge in [-0.25, -0.2) is 0 Å². The van der Waals surface area contributed by atoms with Crippen LogP contribution in [0.25, 0.3) is 0 Å². The van der Waals surface area contributed by atoms with Crippen LogP contribution in [0.15, 0.2) is 0 Å². The van der Waals surface area contributed by atoms with Crippen molar-refractivity contribution >= 4 is 35.8 Å². The number of rotatable bonds is 20. The fourth-order valence-electron chi connectivity index (χ4n) is 2.73. The molecule has 2 unspecified atom stereocenters. The lowest BCUT2D eigenvalue weighted by molar-refractivity contribution is -0.172. The molecule has 15 nitrogen and oxygen atoms in total. The fourth-order valence-corrected chi connectivity index (χ4v) is 2.73. The normalized spacial score (nSPS) is 13.0. The molecule has 0 aromatic carbocycles. The zero-order valence-corrected chi connectivity index (χ0v) is 23.1. The zero-order valence-electron chi connectivity index (χ0n) is 23.1. The van der Waals surface area contributed by atoms with Crippen molar-refractivity contribution in [1.82, 2.24) is 0 Å². The van der Waals surface area contributed by atoms with Crippen molar-refractivity contribution in [2.24, 2.45) is 0 Å². The fraction of sp³-hybridized carbons (Fsp3) is 0.750. The predicted octanol–water partition coefficient (Wildman–Crippen LogP) is -0.111. The van der Waals surface area contributed by atoms with E-state index < -0.39 is 60.2 Å². The second-order valence-corrected chi connectivity index (χ2v) is 8.13. The summed E-state index contributed by atoms with van der Waals surface area (Å²) in [5.74, 6) is -3.54. The first kappa shape index (κ1) is 35.7. The van der Waals surface area contributed by atoms with Gasteiger partial charge in [0.25, 0.3) is 0 Å². The van der Waals surface area contributed by atoms with Crippen LogP contribution in [0, 0.1) is 0 Å². The van der Waals surface area contributed by atoms with Crippen LogP contribution in [-0.4, -0.2) is 113 Å². The largest absolute Gasteiger partial charge is 0.463 e. The van der Waals surface area contributed by atoms with Crippen molar-refractivity contribution < 1.29 is 71.4 Å². The molecular formula is C24H38O15. The van der Waals surface area contributed by atoms with Crippen molar-refractivity contribution in [3.8, 4) is 0 Å². The summed E-state index contributed by atoms with van der Waals surface area (Å²) in [6.07, 6.45) is -3.56. The minimum Gasteiger partial charge on any atom is -0.463 e. The second-order valence-electron chi connectivity index (χ2n) is 8.13. The van der Waals surface area contributed by atoms with E-state index in [0.717, 1.165) is 0 Å². The van der Waals surface area contributed by atoms with Crippen LogP contribution in [0.3, 0.4) is 0 Å². The van der Waals surface area contributed by atoms with Gasteiger partial charge >= 0.3 is 35.8 Å². The summed E-state index contributed by atoms with van der Waals surface area (Å²) >= 11 is 0. The molecule has 0 heterocycles. The summed E-state index contributed by atoms with van der Waals surface area (Å²) < 4.78 is 46.9.